The first kappa shape index (κ1) is 75.5. The largest absolute Gasteiger partial charge is 0.508 e. The fraction of sp³-hybridized carbons (Fsp3) is 0.156. The Balaban J connectivity index is 0.000000512. The molecular formula is C64H61N4O8P9. The van der Waals surface area contributed by atoms with Crippen molar-refractivity contribution in [1.29, 1.82) is 0 Å². The van der Waals surface area contributed by atoms with Gasteiger partial charge in [0.2, 0.25) is 0 Å². The van der Waals surface area contributed by atoms with E-state index >= 15 is 0 Å². The maximum atomic E-state index is 11.2. The van der Waals surface area contributed by atoms with Crippen LogP contribution in [0.1, 0.15) is 76.7 Å². The number of phenols is 3. The van der Waals surface area contributed by atoms with Gasteiger partial charge in [0, 0.05) is 68.2 Å². The zero-order valence-electron chi connectivity index (χ0n) is 47.1. The first-order valence-electron chi connectivity index (χ1n) is 23.9. The van der Waals surface area contributed by atoms with Crippen molar-refractivity contribution in [1.82, 2.24) is 13.0 Å². The minimum atomic E-state index is -0.449. The van der Waals surface area contributed by atoms with Gasteiger partial charge in [0.15, 0.2) is 12.6 Å². The molecule has 21 heteroatoms. The van der Waals surface area contributed by atoms with E-state index in [0.29, 0.717) is 40.0 Å². The van der Waals surface area contributed by atoms with Crippen molar-refractivity contribution in [3.63, 3.8) is 0 Å². The van der Waals surface area contributed by atoms with Gasteiger partial charge in [-0.25, -0.2) is 0 Å². The van der Waals surface area contributed by atoms with Crippen LogP contribution in [0.5, 0.6) is 23.0 Å². The molecule has 4 aromatic carbocycles. The minimum Gasteiger partial charge on any atom is -0.508 e. The highest BCUT2D eigenvalue weighted by Crippen LogP contribution is 2.57. The molecule has 0 aliphatic rings. The van der Waals surface area contributed by atoms with Crippen molar-refractivity contribution in [2.24, 2.45) is 0 Å². The molecule has 85 heavy (non-hydrogen) atoms. The van der Waals surface area contributed by atoms with Gasteiger partial charge in [-0.3, -0.25) is 19.7 Å². The number of carbonyl (C=O) groups is 2. The number of carbonyl (C=O) groups excluding carboxylic acids is 2. The van der Waals surface area contributed by atoms with Crippen molar-refractivity contribution in [2.75, 3.05) is 7.11 Å². The van der Waals surface area contributed by atoms with Crippen LogP contribution in [0.4, 0.5) is 5.69 Å². The fourth-order valence-corrected chi connectivity index (χ4v) is 12.9. The number of hydrogen-bond donors (Lipinski definition) is 3. The molecule has 6 unspecified atom stereocenters. The maximum Gasteiger partial charge on any atom is 0.275 e. The van der Waals surface area contributed by atoms with Crippen LogP contribution in [0, 0.1) is 175 Å². The molecule has 0 amide bonds. The van der Waals surface area contributed by atoms with Gasteiger partial charge in [0.25, 0.3) is 5.69 Å². The number of rotatable bonds is 7. The molecule has 0 aliphatic carbocycles. The molecule has 0 radical (unpaired) electrons. The van der Waals surface area contributed by atoms with E-state index in [1.54, 1.807) is 59.9 Å². The average molecular weight is 1290 g/mol. The number of fused-ring (bicyclic) bond motifs is 3. The van der Waals surface area contributed by atoms with Gasteiger partial charge in [-0.1, -0.05) is 78.8 Å². The van der Waals surface area contributed by atoms with Crippen LogP contribution < -0.4 is 4.74 Å². The summed E-state index contributed by atoms with van der Waals surface area (Å²) < 4.78 is 11.7. The summed E-state index contributed by atoms with van der Waals surface area (Å²) >= 11 is 0. The highest BCUT2D eigenvalue weighted by Gasteiger charge is 2.17. The SMILES string of the molecule is C.C#CC#CC#CC#CC#CC#CC.CC#CC#CC#CC#CC#CC.COc1cc(C)c2c(ccn2P(P)P)c1C=O.Cc1cc(O)c(C=O)c2ccn(P(P)P)c12.Cc1cc(O)cc(C)c1[N+](=O)[O-].Cc1cc(O)cc2ccn(P(P)P)c12. The minimum absolute atomic E-state index is 0. The number of ether oxygens (including phenoxy) is 1. The van der Waals surface area contributed by atoms with Crippen LogP contribution in [0.3, 0.4) is 0 Å². The van der Waals surface area contributed by atoms with Crippen LogP contribution in [0.2, 0.25) is 0 Å². The Morgan fingerprint density at radius 2 is 0.859 bits per heavy atom. The zero-order chi connectivity index (χ0) is 62.9. The van der Waals surface area contributed by atoms with E-state index in [4.69, 9.17) is 16.3 Å². The second kappa shape index (κ2) is 40.7. The number of aromatic hydroxyl groups is 3. The van der Waals surface area contributed by atoms with Gasteiger partial charge in [-0.2, -0.15) is 0 Å². The molecule has 0 bridgehead atoms. The molecule has 12 nitrogen and oxygen atoms in total. The quantitative estimate of drug-likeness (QED) is 0.0467. The van der Waals surface area contributed by atoms with Crippen LogP contribution >= 0.6 is 75.9 Å². The maximum absolute atomic E-state index is 11.2. The summed E-state index contributed by atoms with van der Waals surface area (Å²) in [7, 11) is 17.1. The standard InChI is InChI=1S/C13H4.C12H6.C11H14NO2P3.C10H12NO2P3.C9H12NOP3.C8H9NO3.CH4/c1-3-5-7-9-11-13-12-10-8-6-4-2;1-3-5-7-9-11-12-10-8-6-4-2;1-7-5-10(14-2)9(6-13)8-3-4-12(11(7)8)17(15)16;1-6-4-9(13)8(5-12)7-2-3-11(10(6)7)16(14)15;1-6-4-8(11)5-7-2-3-10(9(6)7)14(12)13;1-5-3-7(10)4-6(2)8(5)9(11)12;/h1H,2H3;1-2H3;3-6H,15-16H2,1-2H3;2-5,13H,14-15H2,1H3;2-5,11H,12-13H2,1H3;3-4,10H,1-2H3;1H4. The number of phenolic OH excluding ortho intramolecular Hbond substituents is 3. The normalized spacial score (nSPS) is 8.72. The van der Waals surface area contributed by atoms with Crippen LogP contribution in [-0.2, 0) is 0 Å². The van der Waals surface area contributed by atoms with Crippen molar-refractivity contribution < 1.29 is 34.6 Å². The summed E-state index contributed by atoms with van der Waals surface area (Å²) in [5.74, 6) is 53.6. The van der Waals surface area contributed by atoms with E-state index in [9.17, 15) is 29.9 Å². The number of benzene rings is 4. The third-order valence-corrected chi connectivity index (χ3v) is 17.5. The lowest BCUT2D eigenvalue weighted by atomic mass is 10.1. The summed E-state index contributed by atoms with van der Waals surface area (Å²) in [5.41, 5.74) is 8.55. The Hall–Kier alpha value is -7.53. The Morgan fingerprint density at radius 1 is 0.518 bits per heavy atom. The Bertz CT molecular complexity index is 4250. The number of nitrogens with zero attached hydrogens (tertiary/aromatic N) is 4. The molecule has 0 saturated carbocycles. The van der Waals surface area contributed by atoms with Crippen molar-refractivity contribution in [3.05, 3.63) is 122 Å². The van der Waals surface area contributed by atoms with Gasteiger partial charge in [0.05, 0.1) is 39.7 Å². The molecule has 3 aromatic heterocycles. The van der Waals surface area contributed by atoms with E-state index in [2.05, 4.69) is 197 Å². The molecule has 7 aromatic rings. The molecular weight excluding hydrogens is 1230 g/mol. The predicted molar refractivity (Wildman–Crippen MR) is 380 cm³/mol. The summed E-state index contributed by atoms with van der Waals surface area (Å²) in [6, 6.07) is 15.8. The third-order valence-electron chi connectivity index (χ3n) is 10.5. The lowest BCUT2D eigenvalue weighted by Crippen LogP contribution is -1.94. The Kier molecular flexibility index (Phi) is 36.1. The number of aromatic nitrogens is 3. The molecule has 0 fully saturated rings. The van der Waals surface area contributed by atoms with Crippen LogP contribution in [0.25, 0.3) is 32.7 Å². The Labute approximate surface area is 517 Å². The smallest absolute Gasteiger partial charge is 0.275 e. The van der Waals surface area contributed by atoms with Gasteiger partial charge < -0.3 is 33.1 Å². The molecule has 0 saturated heterocycles. The van der Waals surface area contributed by atoms with E-state index in [1.807, 2.05) is 57.4 Å². The van der Waals surface area contributed by atoms with E-state index in [1.165, 1.54) is 17.6 Å². The average Bonchev–Trinajstić information content (AvgIpc) is 2.42. The van der Waals surface area contributed by atoms with Gasteiger partial charge in [0.1, 0.15) is 23.0 Å². The third kappa shape index (κ3) is 24.2. The molecule has 0 aliphatic heterocycles. The fourth-order valence-electron chi connectivity index (χ4n) is 7.32. The van der Waals surface area contributed by atoms with Crippen molar-refractivity contribution in [3.8, 4) is 154 Å². The topological polar surface area (TPSA) is 162 Å². The van der Waals surface area contributed by atoms with Crippen LogP contribution in [0.15, 0.2) is 73.2 Å². The highest BCUT2D eigenvalue weighted by atomic mass is 32.4. The van der Waals surface area contributed by atoms with Crippen molar-refractivity contribution >= 4 is 127 Å². The molecule has 3 N–H and O–H groups in total. The Morgan fingerprint density at radius 3 is 1.24 bits per heavy atom. The van der Waals surface area contributed by atoms with Gasteiger partial charge >= 0.3 is 0 Å². The molecule has 6 atom stereocenters. The van der Waals surface area contributed by atoms with Crippen LogP contribution in [-0.4, -0.2) is 52.9 Å². The number of nitro groups is 1. The summed E-state index contributed by atoms with van der Waals surface area (Å²) in [6.07, 6.45) is 12.4. The first-order valence-corrected chi connectivity index (χ1v) is 37.5. The predicted octanol–water partition coefficient (Wildman–Crippen LogP) is 14.6. The first-order chi connectivity index (χ1) is 40.1. The lowest BCUT2D eigenvalue weighted by molar-refractivity contribution is -0.386. The van der Waals surface area contributed by atoms with Gasteiger partial charge in [-0.15, -0.1) is 6.42 Å². The number of methoxy groups -OCH3 is 1. The van der Waals surface area contributed by atoms with E-state index in [0.717, 1.165) is 50.2 Å². The molecule has 430 valence electrons. The highest BCUT2D eigenvalue weighted by molar-refractivity contribution is 8.43. The number of terminal acetylenes is 1. The molecule has 7 rings (SSSR count). The molecule has 3 heterocycles. The molecule has 0 spiro atoms. The number of aryl methyl sites for hydroxylation is 5. The van der Waals surface area contributed by atoms with E-state index < -0.39 is 19.8 Å². The number of aldehydes is 2. The lowest BCUT2D eigenvalue weighted by Gasteiger charge is -2.13. The zero-order valence-corrected chi connectivity index (χ0v) is 56.7. The summed E-state index contributed by atoms with van der Waals surface area (Å²) in [4.78, 5) is 32.2. The summed E-state index contributed by atoms with van der Waals surface area (Å²) in [5, 5.41) is 41.6. The van der Waals surface area contributed by atoms with Gasteiger partial charge in [-0.05, 0) is 233 Å². The number of hydrogen-bond acceptors (Lipinski definition) is 8. The number of nitro benzene ring substituents is 1. The summed E-state index contributed by atoms with van der Waals surface area (Å²) in [6.45, 7) is 14.3. The monoisotopic (exact) mass is 1290 g/mol. The van der Waals surface area contributed by atoms with E-state index in [-0.39, 0.29) is 32.1 Å². The second-order valence-corrected chi connectivity index (χ2v) is 34.7. The van der Waals surface area contributed by atoms with Crippen molar-refractivity contribution in [2.45, 2.75) is 62.8 Å². The second-order valence-electron chi connectivity index (χ2n) is 16.2.